The largest absolute Gasteiger partial charge is 0.352 e. The molecule has 1 aliphatic rings. The summed E-state index contributed by atoms with van der Waals surface area (Å²) in [6.45, 7) is 2.70. The van der Waals surface area contributed by atoms with Gasteiger partial charge in [0.25, 0.3) is 0 Å². The number of carbonyl (C=O) groups is 1. The first-order chi connectivity index (χ1) is 8.52. The lowest BCUT2D eigenvalue weighted by molar-refractivity contribution is -0.119. The molecule has 1 amide bonds. The molecule has 3 N–H and O–H groups in total. The maximum absolute atomic E-state index is 11.8. The lowest BCUT2D eigenvalue weighted by Crippen LogP contribution is -2.37. The molecule has 1 aromatic rings. The molecule has 0 saturated heterocycles. The Bertz CT molecular complexity index is 450. The summed E-state index contributed by atoms with van der Waals surface area (Å²) in [5.74, 6) is 0.975. The average Bonchev–Trinajstić information content (AvgIpc) is 3.02. The second-order valence-corrected chi connectivity index (χ2v) is 4.91. The Morgan fingerprint density at radius 1 is 1.61 bits per heavy atom. The Balaban J connectivity index is 2.07. The summed E-state index contributed by atoms with van der Waals surface area (Å²) in [5, 5.41) is 7.32. The first-order valence-corrected chi connectivity index (χ1v) is 6.26. The van der Waals surface area contributed by atoms with Crippen LogP contribution in [-0.4, -0.2) is 35.3 Å². The highest BCUT2D eigenvalue weighted by Gasteiger charge is 2.24. The van der Waals surface area contributed by atoms with Crippen molar-refractivity contribution in [1.82, 2.24) is 15.1 Å². The molecule has 1 aromatic heterocycles. The van der Waals surface area contributed by atoms with Crippen LogP contribution in [0.1, 0.15) is 24.1 Å². The van der Waals surface area contributed by atoms with Crippen molar-refractivity contribution >= 4 is 11.7 Å². The third-order valence-electron chi connectivity index (χ3n) is 3.20. The highest BCUT2D eigenvalue weighted by atomic mass is 16.2. The van der Waals surface area contributed by atoms with Gasteiger partial charge in [-0.3, -0.25) is 9.48 Å². The van der Waals surface area contributed by atoms with Crippen molar-refractivity contribution in [3.05, 3.63) is 11.3 Å². The van der Waals surface area contributed by atoms with Gasteiger partial charge in [-0.05, 0) is 19.8 Å². The number of amides is 1. The van der Waals surface area contributed by atoms with E-state index in [1.54, 1.807) is 4.68 Å². The second kappa shape index (κ2) is 4.97. The fourth-order valence-electron chi connectivity index (χ4n) is 2.20. The third kappa shape index (κ3) is 2.64. The number of aromatic nitrogens is 2. The predicted octanol–water partition coefficient (Wildman–Crippen LogP) is -0.0980. The predicted molar refractivity (Wildman–Crippen MR) is 70.3 cm³/mol. The monoisotopic (exact) mass is 251 g/mol. The topological polar surface area (TPSA) is 76.2 Å². The quantitative estimate of drug-likeness (QED) is 0.766. The molecule has 1 saturated carbocycles. The van der Waals surface area contributed by atoms with Crippen LogP contribution < -0.4 is 16.0 Å². The van der Waals surface area contributed by atoms with Gasteiger partial charge in [0.05, 0.1) is 12.2 Å². The molecule has 1 heterocycles. The Hall–Kier alpha value is -1.56. The van der Waals surface area contributed by atoms with Crippen molar-refractivity contribution in [2.24, 2.45) is 12.8 Å². The highest BCUT2D eigenvalue weighted by molar-refractivity contribution is 5.81. The lowest BCUT2D eigenvalue weighted by Gasteiger charge is -2.20. The van der Waals surface area contributed by atoms with Crippen molar-refractivity contribution in [3.63, 3.8) is 0 Å². The Kier molecular flexibility index (Phi) is 3.56. The number of nitrogens with one attached hydrogen (secondary N) is 1. The number of carbonyl (C=O) groups excluding carboxylic acids is 1. The maximum Gasteiger partial charge on any atom is 0.239 e. The van der Waals surface area contributed by atoms with E-state index in [0.29, 0.717) is 19.1 Å². The van der Waals surface area contributed by atoms with Gasteiger partial charge >= 0.3 is 0 Å². The summed E-state index contributed by atoms with van der Waals surface area (Å²) in [5.41, 5.74) is 7.66. The minimum atomic E-state index is 0.0572. The molecule has 2 rings (SSSR count). The molecule has 0 atom stereocenters. The van der Waals surface area contributed by atoms with Gasteiger partial charge in [0.15, 0.2) is 0 Å². The zero-order chi connectivity index (χ0) is 13.3. The summed E-state index contributed by atoms with van der Waals surface area (Å²) in [7, 11) is 3.76. The van der Waals surface area contributed by atoms with Crippen LogP contribution in [0.4, 0.5) is 5.82 Å². The van der Waals surface area contributed by atoms with Crippen molar-refractivity contribution < 1.29 is 4.79 Å². The maximum atomic E-state index is 11.8. The number of rotatable bonds is 5. The number of hydrogen-bond donors (Lipinski definition) is 2. The standard InChI is InChI=1S/C12H21N5O/c1-8-10(6-13)12(17(3)15-8)16(2)7-11(18)14-9-4-5-9/h9H,4-7,13H2,1-3H3,(H,14,18). The number of aryl methyl sites for hydroxylation is 2. The fourth-order valence-corrected chi connectivity index (χ4v) is 2.20. The summed E-state index contributed by atoms with van der Waals surface area (Å²) in [6.07, 6.45) is 2.21. The highest BCUT2D eigenvalue weighted by Crippen LogP contribution is 2.22. The van der Waals surface area contributed by atoms with Gasteiger partial charge in [-0.2, -0.15) is 5.10 Å². The van der Waals surface area contributed by atoms with Gasteiger partial charge in [0.1, 0.15) is 5.82 Å². The van der Waals surface area contributed by atoms with Crippen molar-refractivity contribution in [1.29, 1.82) is 0 Å². The summed E-state index contributed by atoms with van der Waals surface area (Å²) in [4.78, 5) is 13.7. The number of likely N-dealkylation sites (N-methyl/N-ethyl adjacent to an activating group) is 1. The van der Waals surface area contributed by atoms with Crippen molar-refractivity contribution in [2.75, 3.05) is 18.5 Å². The Morgan fingerprint density at radius 3 is 2.83 bits per heavy atom. The van der Waals surface area contributed by atoms with E-state index < -0.39 is 0 Å². The molecule has 6 heteroatoms. The number of hydrogen-bond acceptors (Lipinski definition) is 4. The summed E-state index contributed by atoms with van der Waals surface area (Å²) < 4.78 is 1.78. The van der Waals surface area contributed by atoms with E-state index >= 15 is 0 Å². The van der Waals surface area contributed by atoms with Gasteiger partial charge in [0.2, 0.25) is 5.91 Å². The number of nitrogens with zero attached hydrogens (tertiary/aromatic N) is 3. The number of nitrogens with two attached hydrogens (primary N) is 1. The SMILES string of the molecule is Cc1nn(C)c(N(C)CC(=O)NC2CC2)c1CN. The molecule has 6 nitrogen and oxygen atoms in total. The first kappa shape index (κ1) is 12.9. The van der Waals surface area contributed by atoms with E-state index in [4.69, 9.17) is 5.73 Å². The Morgan fingerprint density at radius 2 is 2.28 bits per heavy atom. The van der Waals surface area contributed by atoms with E-state index in [1.165, 1.54) is 0 Å². The molecule has 100 valence electrons. The Labute approximate surface area is 107 Å². The zero-order valence-corrected chi connectivity index (χ0v) is 11.2. The van der Waals surface area contributed by atoms with E-state index in [2.05, 4.69) is 10.4 Å². The van der Waals surface area contributed by atoms with Crippen molar-refractivity contribution in [3.8, 4) is 0 Å². The van der Waals surface area contributed by atoms with Gasteiger partial charge < -0.3 is 16.0 Å². The van der Waals surface area contributed by atoms with Crippen LogP contribution in [0.2, 0.25) is 0 Å². The van der Waals surface area contributed by atoms with E-state index in [1.807, 2.05) is 25.9 Å². The molecular formula is C12H21N5O. The summed E-state index contributed by atoms with van der Waals surface area (Å²) in [6, 6.07) is 0.396. The van der Waals surface area contributed by atoms with Gasteiger partial charge in [-0.1, -0.05) is 0 Å². The molecule has 0 radical (unpaired) electrons. The zero-order valence-electron chi connectivity index (χ0n) is 11.2. The molecule has 0 spiro atoms. The smallest absolute Gasteiger partial charge is 0.239 e. The normalized spacial score (nSPS) is 14.7. The van der Waals surface area contributed by atoms with Crippen LogP contribution in [0.3, 0.4) is 0 Å². The van der Waals surface area contributed by atoms with Crippen molar-refractivity contribution in [2.45, 2.75) is 32.4 Å². The van der Waals surface area contributed by atoms with E-state index in [0.717, 1.165) is 29.9 Å². The lowest BCUT2D eigenvalue weighted by atomic mass is 10.2. The second-order valence-electron chi connectivity index (χ2n) is 4.91. The van der Waals surface area contributed by atoms with Gasteiger partial charge in [0, 0.05) is 32.2 Å². The van der Waals surface area contributed by atoms with Crippen LogP contribution >= 0.6 is 0 Å². The average molecular weight is 251 g/mol. The molecule has 0 bridgehead atoms. The molecule has 1 fully saturated rings. The molecule has 0 aromatic carbocycles. The fraction of sp³-hybridized carbons (Fsp3) is 0.667. The third-order valence-corrected chi connectivity index (χ3v) is 3.20. The first-order valence-electron chi connectivity index (χ1n) is 6.26. The molecule has 1 aliphatic carbocycles. The molecular weight excluding hydrogens is 230 g/mol. The van der Waals surface area contributed by atoms with Gasteiger partial charge in [-0.25, -0.2) is 0 Å². The minimum Gasteiger partial charge on any atom is -0.352 e. The minimum absolute atomic E-state index is 0.0572. The number of anilines is 1. The molecule has 0 aliphatic heterocycles. The van der Waals surface area contributed by atoms with E-state index in [9.17, 15) is 4.79 Å². The summed E-state index contributed by atoms with van der Waals surface area (Å²) >= 11 is 0. The van der Waals surface area contributed by atoms with Gasteiger partial charge in [-0.15, -0.1) is 0 Å². The van der Waals surface area contributed by atoms with E-state index in [-0.39, 0.29) is 5.91 Å². The molecule has 0 unspecified atom stereocenters. The molecule has 18 heavy (non-hydrogen) atoms. The van der Waals surface area contributed by atoms with Crippen LogP contribution in [0, 0.1) is 6.92 Å². The van der Waals surface area contributed by atoms with Crippen LogP contribution in [0.15, 0.2) is 0 Å². The van der Waals surface area contributed by atoms with Crippen LogP contribution in [0.5, 0.6) is 0 Å². The van der Waals surface area contributed by atoms with Crippen LogP contribution in [-0.2, 0) is 18.4 Å². The van der Waals surface area contributed by atoms with Crippen LogP contribution in [0.25, 0.3) is 0 Å².